The van der Waals surface area contributed by atoms with Crippen LogP contribution in [0.15, 0.2) is 42.5 Å². The summed E-state index contributed by atoms with van der Waals surface area (Å²) < 4.78 is 23.8. The van der Waals surface area contributed by atoms with Crippen molar-refractivity contribution >= 4 is 5.91 Å². The summed E-state index contributed by atoms with van der Waals surface area (Å²) in [4.78, 5) is 17.8. The quantitative estimate of drug-likeness (QED) is 0.790. The van der Waals surface area contributed by atoms with Gasteiger partial charge in [-0.3, -0.25) is 4.79 Å². The molecule has 1 unspecified atom stereocenters. The summed E-state index contributed by atoms with van der Waals surface area (Å²) in [6.45, 7) is 1.13. The number of benzene rings is 1. The van der Waals surface area contributed by atoms with Crippen LogP contribution in [0.25, 0.3) is 0 Å². The van der Waals surface area contributed by atoms with Gasteiger partial charge in [0.2, 0.25) is 17.7 Å². The van der Waals surface area contributed by atoms with Crippen LogP contribution in [-0.2, 0) is 11.2 Å². The number of ether oxygens (including phenoxy) is 2. The maximum atomic E-state index is 13.1. The van der Waals surface area contributed by atoms with Gasteiger partial charge in [0, 0.05) is 19.0 Å². The van der Waals surface area contributed by atoms with Crippen LogP contribution < -0.4 is 9.47 Å². The van der Waals surface area contributed by atoms with Crippen LogP contribution in [0.3, 0.4) is 0 Å². The number of likely N-dealkylation sites (tertiary alicyclic amines) is 1. The van der Waals surface area contributed by atoms with E-state index in [-0.39, 0.29) is 17.9 Å². The van der Waals surface area contributed by atoms with Crippen molar-refractivity contribution in [3.63, 3.8) is 0 Å². The molecule has 2 aromatic rings. The molecule has 1 saturated heterocycles. The van der Waals surface area contributed by atoms with E-state index in [2.05, 4.69) is 4.98 Å². The van der Waals surface area contributed by atoms with Crippen molar-refractivity contribution in [1.82, 2.24) is 9.88 Å². The van der Waals surface area contributed by atoms with Gasteiger partial charge in [-0.15, -0.1) is 0 Å². The van der Waals surface area contributed by atoms with Gasteiger partial charge in [-0.2, -0.15) is 9.37 Å². The lowest BCUT2D eigenvalue weighted by atomic mass is 10.1. The van der Waals surface area contributed by atoms with Gasteiger partial charge in [0.15, 0.2) is 0 Å². The van der Waals surface area contributed by atoms with Gasteiger partial charge in [0.1, 0.15) is 11.9 Å². The number of rotatable bonds is 5. The topological polar surface area (TPSA) is 51.7 Å². The molecule has 1 aromatic carbocycles. The minimum Gasteiger partial charge on any atom is -0.497 e. The molecule has 1 aliphatic heterocycles. The standard InChI is InChI=1S/C18H19FN2O3/c1-23-14-7-5-13(6-8-14)11-18(22)21-10-9-15(12-21)24-17-4-2-3-16(19)20-17/h2-8,15H,9-12H2,1H3. The van der Waals surface area contributed by atoms with Crippen molar-refractivity contribution in [1.29, 1.82) is 0 Å². The Hall–Kier alpha value is -2.63. The van der Waals surface area contributed by atoms with E-state index in [9.17, 15) is 9.18 Å². The number of hydrogen-bond acceptors (Lipinski definition) is 4. The largest absolute Gasteiger partial charge is 0.497 e. The molecule has 0 bridgehead atoms. The molecule has 1 aliphatic rings. The van der Waals surface area contributed by atoms with Crippen molar-refractivity contribution in [3.8, 4) is 11.6 Å². The van der Waals surface area contributed by atoms with Gasteiger partial charge in [0.25, 0.3) is 0 Å². The van der Waals surface area contributed by atoms with Gasteiger partial charge in [-0.05, 0) is 23.8 Å². The second kappa shape index (κ2) is 7.29. The third kappa shape index (κ3) is 4.01. The zero-order valence-electron chi connectivity index (χ0n) is 13.4. The summed E-state index contributed by atoms with van der Waals surface area (Å²) in [5, 5.41) is 0. The molecule has 2 heterocycles. The number of halogens is 1. The molecule has 0 spiro atoms. The van der Waals surface area contributed by atoms with E-state index < -0.39 is 5.95 Å². The molecule has 1 aromatic heterocycles. The Morgan fingerprint density at radius 2 is 2.08 bits per heavy atom. The number of hydrogen-bond donors (Lipinski definition) is 0. The summed E-state index contributed by atoms with van der Waals surface area (Å²) in [6, 6.07) is 11.9. The maximum Gasteiger partial charge on any atom is 0.227 e. The van der Waals surface area contributed by atoms with Crippen LogP contribution in [0.4, 0.5) is 4.39 Å². The predicted molar refractivity (Wildman–Crippen MR) is 86.5 cm³/mol. The Kier molecular flexibility index (Phi) is 4.93. The second-order valence-electron chi connectivity index (χ2n) is 5.69. The van der Waals surface area contributed by atoms with E-state index in [1.807, 2.05) is 24.3 Å². The van der Waals surface area contributed by atoms with Crippen molar-refractivity contribution in [3.05, 3.63) is 54.0 Å². The summed E-state index contributed by atoms with van der Waals surface area (Å²) in [6.07, 6.45) is 0.903. The third-order valence-electron chi connectivity index (χ3n) is 3.99. The number of pyridine rings is 1. The summed E-state index contributed by atoms with van der Waals surface area (Å²) >= 11 is 0. The first kappa shape index (κ1) is 16.2. The van der Waals surface area contributed by atoms with Gasteiger partial charge in [-0.1, -0.05) is 18.2 Å². The second-order valence-corrected chi connectivity index (χ2v) is 5.69. The lowest BCUT2D eigenvalue weighted by molar-refractivity contribution is -0.129. The van der Waals surface area contributed by atoms with Crippen LogP contribution in [0.2, 0.25) is 0 Å². The zero-order valence-corrected chi connectivity index (χ0v) is 13.4. The van der Waals surface area contributed by atoms with Gasteiger partial charge >= 0.3 is 0 Å². The molecule has 0 N–H and O–H groups in total. The average Bonchev–Trinajstić information content (AvgIpc) is 3.04. The van der Waals surface area contributed by atoms with Crippen molar-refractivity contribution in [2.24, 2.45) is 0 Å². The lowest BCUT2D eigenvalue weighted by Crippen LogP contribution is -2.32. The van der Waals surface area contributed by atoms with Crippen LogP contribution in [0.5, 0.6) is 11.6 Å². The van der Waals surface area contributed by atoms with E-state index in [0.717, 1.165) is 11.3 Å². The highest BCUT2D eigenvalue weighted by Gasteiger charge is 2.27. The molecule has 0 saturated carbocycles. The van der Waals surface area contributed by atoms with Crippen LogP contribution in [0, 0.1) is 5.95 Å². The number of carbonyl (C=O) groups is 1. The Balaban J connectivity index is 1.53. The number of aromatic nitrogens is 1. The van der Waals surface area contributed by atoms with Crippen LogP contribution >= 0.6 is 0 Å². The molecular weight excluding hydrogens is 311 g/mol. The minimum absolute atomic E-state index is 0.0541. The maximum absolute atomic E-state index is 13.1. The predicted octanol–water partition coefficient (Wildman–Crippen LogP) is 2.45. The van der Waals surface area contributed by atoms with E-state index >= 15 is 0 Å². The van der Waals surface area contributed by atoms with E-state index in [0.29, 0.717) is 25.9 Å². The van der Waals surface area contributed by atoms with Crippen molar-refractivity contribution < 1.29 is 18.7 Å². The first-order chi connectivity index (χ1) is 11.6. The van der Waals surface area contributed by atoms with E-state index in [4.69, 9.17) is 9.47 Å². The third-order valence-corrected chi connectivity index (χ3v) is 3.99. The van der Waals surface area contributed by atoms with Gasteiger partial charge in [-0.25, -0.2) is 0 Å². The summed E-state index contributed by atoms with van der Waals surface area (Å²) in [7, 11) is 1.61. The molecule has 126 valence electrons. The molecule has 1 atom stereocenters. The molecule has 5 nitrogen and oxygen atoms in total. The molecule has 24 heavy (non-hydrogen) atoms. The molecule has 0 aliphatic carbocycles. The molecular formula is C18H19FN2O3. The molecule has 0 radical (unpaired) electrons. The van der Waals surface area contributed by atoms with E-state index in [1.165, 1.54) is 6.07 Å². The Labute approximate surface area is 140 Å². The SMILES string of the molecule is COc1ccc(CC(=O)N2CCC(Oc3cccc(F)n3)C2)cc1. The number of amides is 1. The molecule has 3 rings (SSSR count). The first-order valence-corrected chi connectivity index (χ1v) is 7.84. The van der Waals surface area contributed by atoms with Crippen molar-refractivity contribution in [2.45, 2.75) is 18.9 Å². The summed E-state index contributed by atoms with van der Waals surface area (Å²) in [5.74, 6) is 0.504. The minimum atomic E-state index is -0.571. The number of nitrogens with zero attached hydrogens (tertiary/aromatic N) is 2. The van der Waals surface area contributed by atoms with Crippen LogP contribution in [0.1, 0.15) is 12.0 Å². The normalized spacial score (nSPS) is 16.9. The fourth-order valence-electron chi connectivity index (χ4n) is 2.71. The highest BCUT2D eigenvalue weighted by Crippen LogP contribution is 2.18. The average molecular weight is 330 g/mol. The fraction of sp³-hybridized carbons (Fsp3) is 0.333. The number of methoxy groups -OCH3 is 1. The smallest absolute Gasteiger partial charge is 0.227 e. The summed E-state index contributed by atoms with van der Waals surface area (Å²) in [5.41, 5.74) is 0.942. The van der Waals surface area contributed by atoms with E-state index in [1.54, 1.807) is 24.1 Å². The first-order valence-electron chi connectivity index (χ1n) is 7.84. The van der Waals surface area contributed by atoms with Gasteiger partial charge < -0.3 is 14.4 Å². The Morgan fingerprint density at radius 1 is 1.29 bits per heavy atom. The Morgan fingerprint density at radius 3 is 2.79 bits per heavy atom. The molecule has 1 fully saturated rings. The molecule has 6 heteroatoms. The monoisotopic (exact) mass is 330 g/mol. The lowest BCUT2D eigenvalue weighted by Gasteiger charge is -2.17. The highest BCUT2D eigenvalue weighted by atomic mass is 19.1. The van der Waals surface area contributed by atoms with Crippen LogP contribution in [-0.4, -0.2) is 42.1 Å². The van der Waals surface area contributed by atoms with Crippen molar-refractivity contribution in [2.75, 3.05) is 20.2 Å². The number of carbonyl (C=O) groups excluding carboxylic acids is 1. The zero-order chi connectivity index (χ0) is 16.9. The molecule has 1 amide bonds. The highest BCUT2D eigenvalue weighted by molar-refractivity contribution is 5.79. The Bertz CT molecular complexity index is 706. The van der Waals surface area contributed by atoms with Gasteiger partial charge in [0.05, 0.1) is 20.1 Å². The fourth-order valence-corrected chi connectivity index (χ4v) is 2.71.